The highest BCUT2D eigenvalue weighted by atomic mass is 16.5. The lowest BCUT2D eigenvalue weighted by Crippen LogP contribution is -2.62. The van der Waals surface area contributed by atoms with Crippen LogP contribution in [0.4, 0.5) is 0 Å². The number of nitrogens with one attached hydrogen (secondary N) is 2. The molecule has 0 spiro atoms. The van der Waals surface area contributed by atoms with Crippen LogP contribution in [0.15, 0.2) is 60.9 Å². The summed E-state index contributed by atoms with van der Waals surface area (Å²) in [7, 11) is 5.32. The number of esters is 1. The second kappa shape index (κ2) is 20.1. The first-order valence-corrected chi connectivity index (χ1v) is 23.1. The number of amides is 4. The second-order valence-corrected chi connectivity index (χ2v) is 19.4. The van der Waals surface area contributed by atoms with Crippen LogP contribution in [0.3, 0.4) is 0 Å². The summed E-state index contributed by atoms with van der Waals surface area (Å²) in [5, 5.41) is 16.7. The van der Waals surface area contributed by atoms with E-state index in [1.807, 2.05) is 57.2 Å². The van der Waals surface area contributed by atoms with E-state index in [2.05, 4.69) is 71.1 Å². The van der Waals surface area contributed by atoms with Gasteiger partial charge in [0.15, 0.2) is 0 Å². The number of nitrogens with zero attached hydrogens (tertiary/aromatic N) is 6. The van der Waals surface area contributed by atoms with E-state index >= 15 is 0 Å². The zero-order valence-corrected chi connectivity index (χ0v) is 39.5. The molecule has 3 N–H and O–H groups in total. The normalized spacial score (nSPS) is 20.4. The number of phenols is 1. The molecule has 350 valence electrons. The smallest absolute Gasteiger partial charge is 0.324 e. The molecule has 4 amide bonds. The zero-order chi connectivity index (χ0) is 47.4. The number of cyclic esters (lactones) is 1. The van der Waals surface area contributed by atoms with Gasteiger partial charge >= 0.3 is 5.97 Å². The number of hydrazine groups is 1. The molecular formula is C51H64N8O7. The third kappa shape index (κ3) is 10.6. The SMILES string of the molecule is CCn1c(-c2cccnc2)c2c3cc(ccc31)-c1cc(O)cc(c1)C[C@H](NC(=O)C(C(C)C)N(C)C(=O)[C@H]1CCN(C(=O)C#CCN(C)C)C1)C(=O)N1CCC[C@H](N1)C(=O)OCC(C)(C)C2. The van der Waals surface area contributed by atoms with Gasteiger partial charge in [-0.2, -0.15) is 0 Å². The maximum absolute atomic E-state index is 14.7. The number of aryl methyl sites for hydroxylation is 1. The van der Waals surface area contributed by atoms with Gasteiger partial charge in [-0.15, -0.1) is 0 Å². The lowest BCUT2D eigenvalue weighted by molar-refractivity contribution is -0.155. The molecule has 15 nitrogen and oxygen atoms in total. The maximum Gasteiger partial charge on any atom is 0.324 e. The number of likely N-dealkylation sites (tertiary alicyclic amines) is 1. The Labute approximate surface area is 387 Å². The Balaban J connectivity index is 1.23. The van der Waals surface area contributed by atoms with Gasteiger partial charge in [-0.25, -0.2) is 5.43 Å². The number of aromatic hydroxyl groups is 1. The lowest BCUT2D eigenvalue weighted by Gasteiger charge is -2.37. The monoisotopic (exact) mass is 900 g/mol. The Kier molecular flexibility index (Phi) is 14.5. The highest BCUT2D eigenvalue weighted by Crippen LogP contribution is 2.40. The van der Waals surface area contributed by atoms with Crippen molar-refractivity contribution in [3.8, 4) is 40.0 Å². The highest BCUT2D eigenvalue weighted by Gasteiger charge is 2.40. The molecule has 3 aliphatic rings. The van der Waals surface area contributed by atoms with Crippen molar-refractivity contribution >= 4 is 40.5 Å². The molecule has 2 aromatic heterocycles. The first-order valence-electron chi connectivity index (χ1n) is 23.1. The fourth-order valence-electron chi connectivity index (χ4n) is 9.64. The maximum atomic E-state index is 14.7. The summed E-state index contributed by atoms with van der Waals surface area (Å²) in [6.45, 7) is 12.1. The molecule has 66 heavy (non-hydrogen) atoms. The molecule has 2 saturated heterocycles. The number of carbonyl (C=O) groups is 5. The van der Waals surface area contributed by atoms with Crippen LogP contribution in [0.25, 0.3) is 33.3 Å². The molecule has 5 heterocycles. The largest absolute Gasteiger partial charge is 0.508 e. The quantitative estimate of drug-likeness (QED) is 0.167. The summed E-state index contributed by atoms with van der Waals surface area (Å²) in [5.74, 6) is 2.55. The van der Waals surface area contributed by atoms with Crippen molar-refractivity contribution in [3.05, 3.63) is 72.1 Å². The van der Waals surface area contributed by atoms with Crippen molar-refractivity contribution < 1.29 is 33.8 Å². The van der Waals surface area contributed by atoms with Crippen molar-refractivity contribution in [2.24, 2.45) is 17.3 Å². The van der Waals surface area contributed by atoms with Gasteiger partial charge in [-0.1, -0.05) is 45.7 Å². The van der Waals surface area contributed by atoms with Crippen LogP contribution in [0.2, 0.25) is 0 Å². The van der Waals surface area contributed by atoms with Gasteiger partial charge in [-0.3, -0.25) is 38.9 Å². The minimum atomic E-state index is -1.16. The molecule has 4 aromatic rings. The number of pyridine rings is 1. The molecular weight excluding hydrogens is 837 g/mol. The molecule has 15 heteroatoms. The van der Waals surface area contributed by atoms with Crippen LogP contribution >= 0.6 is 0 Å². The van der Waals surface area contributed by atoms with Gasteiger partial charge in [-0.05, 0) is 117 Å². The van der Waals surface area contributed by atoms with Crippen molar-refractivity contribution in [2.75, 3.05) is 53.9 Å². The average molecular weight is 901 g/mol. The van der Waals surface area contributed by atoms with E-state index in [4.69, 9.17) is 4.74 Å². The number of phenolic OH excluding ortho intramolecular Hbond substituents is 1. The van der Waals surface area contributed by atoms with Crippen LogP contribution in [-0.2, 0) is 48.1 Å². The number of fused-ring (bicyclic) bond motifs is 6. The van der Waals surface area contributed by atoms with Crippen molar-refractivity contribution in [3.63, 3.8) is 0 Å². The molecule has 2 fully saturated rings. The van der Waals surface area contributed by atoms with Crippen molar-refractivity contribution in [1.82, 2.24) is 40.0 Å². The average Bonchev–Trinajstić information content (AvgIpc) is 3.90. The summed E-state index contributed by atoms with van der Waals surface area (Å²) in [6, 6.07) is 12.5. The van der Waals surface area contributed by atoms with Gasteiger partial charge < -0.3 is 29.5 Å². The molecule has 0 aliphatic carbocycles. The number of ether oxygens (including phenoxy) is 1. The Morgan fingerprint density at radius 3 is 2.53 bits per heavy atom. The number of carbonyl (C=O) groups excluding carboxylic acids is 5. The third-order valence-corrected chi connectivity index (χ3v) is 12.9. The van der Waals surface area contributed by atoms with E-state index in [0.717, 1.165) is 38.9 Å². The van der Waals surface area contributed by atoms with Crippen molar-refractivity contribution in [1.29, 1.82) is 0 Å². The Morgan fingerprint density at radius 1 is 1.03 bits per heavy atom. The highest BCUT2D eigenvalue weighted by molar-refractivity contribution is 5.97. The summed E-state index contributed by atoms with van der Waals surface area (Å²) in [4.78, 5) is 79.3. The first-order chi connectivity index (χ1) is 31.4. The van der Waals surface area contributed by atoms with Crippen LogP contribution in [0, 0.1) is 29.1 Å². The predicted octanol–water partition coefficient (Wildman–Crippen LogP) is 4.64. The number of aromatic nitrogens is 2. The second-order valence-electron chi connectivity index (χ2n) is 19.4. The van der Waals surface area contributed by atoms with Crippen molar-refractivity contribution in [2.45, 2.75) is 91.4 Å². The molecule has 4 atom stereocenters. The fraction of sp³-hybridized carbons (Fsp3) is 0.490. The molecule has 0 radical (unpaired) electrons. The summed E-state index contributed by atoms with van der Waals surface area (Å²) in [6.07, 6.45) is 5.59. The van der Waals surface area contributed by atoms with Crippen LogP contribution in [-0.4, -0.2) is 136 Å². The summed E-state index contributed by atoms with van der Waals surface area (Å²) >= 11 is 0. The lowest BCUT2D eigenvalue weighted by atomic mass is 9.84. The molecule has 6 bridgehead atoms. The molecule has 7 rings (SSSR count). The van der Waals surface area contributed by atoms with E-state index in [0.29, 0.717) is 50.9 Å². The topological polar surface area (TPSA) is 170 Å². The van der Waals surface area contributed by atoms with E-state index in [1.165, 1.54) is 9.91 Å². The minimum absolute atomic E-state index is 0.00451. The number of hydrogen-bond donors (Lipinski definition) is 3. The van der Waals surface area contributed by atoms with Crippen LogP contribution in [0.5, 0.6) is 5.75 Å². The van der Waals surface area contributed by atoms with Gasteiger partial charge in [0.1, 0.15) is 23.9 Å². The number of hydrogen-bond acceptors (Lipinski definition) is 10. The van der Waals surface area contributed by atoms with Gasteiger partial charge in [0, 0.05) is 73.9 Å². The Bertz CT molecular complexity index is 2540. The van der Waals surface area contributed by atoms with Gasteiger partial charge in [0.2, 0.25) is 11.8 Å². The Morgan fingerprint density at radius 2 is 1.82 bits per heavy atom. The molecule has 0 saturated carbocycles. The van der Waals surface area contributed by atoms with Crippen LogP contribution in [0.1, 0.15) is 65.0 Å². The fourth-order valence-corrected chi connectivity index (χ4v) is 9.64. The first kappa shape index (κ1) is 47.7. The Hall–Kier alpha value is -6.24. The van der Waals surface area contributed by atoms with E-state index in [9.17, 15) is 29.1 Å². The van der Waals surface area contributed by atoms with Crippen LogP contribution < -0.4 is 10.7 Å². The minimum Gasteiger partial charge on any atom is -0.508 e. The number of rotatable bonds is 8. The third-order valence-electron chi connectivity index (χ3n) is 12.9. The van der Waals surface area contributed by atoms with E-state index < -0.39 is 47.2 Å². The molecule has 1 unspecified atom stereocenters. The predicted molar refractivity (Wildman–Crippen MR) is 252 cm³/mol. The zero-order valence-electron chi connectivity index (χ0n) is 39.5. The van der Waals surface area contributed by atoms with E-state index in [1.54, 1.807) is 30.3 Å². The summed E-state index contributed by atoms with van der Waals surface area (Å²) < 4.78 is 8.35. The van der Waals surface area contributed by atoms with E-state index in [-0.39, 0.29) is 49.6 Å². The number of likely N-dealkylation sites (N-methyl/N-ethyl adjacent to an activating group) is 1. The number of benzene rings is 2. The molecule has 3 aliphatic heterocycles. The standard InChI is InChI=1S/C51H64N8O7/c1-9-58-43-17-16-34-27-39(43)40(46(58)35-13-10-19-52-29-35)28-51(4,5)31-66-50(65)41-14-11-21-59(54-41)49(64)42(25-33-23-37(34)26-38(60)24-33)53-47(62)45(32(2)3)56(8)48(63)36-18-22-57(30-36)44(61)15-12-20-55(6)7/h10,13,16-17,19,23-24,26-27,29,32,36,41-42,45,54,60H,9,11,14,18,20-22,25,28,30-31H2,1-8H3,(H,53,62)/t36-,41-,42-,45?/m0/s1. The van der Waals surface area contributed by atoms with Gasteiger partial charge in [0.25, 0.3) is 11.8 Å². The molecule has 2 aromatic carbocycles. The van der Waals surface area contributed by atoms with Gasteiger partial charge in [0.05, 0.1) is 24.8 Å². The summed E-state index contributed by atoms with van der Waals surface area (Å²) in [5.41, 5.74) is 8.91.